The molecule has 4 N–H and O–H groups in total. The van der Waals surface area contributed by atoms with Crippen molar-refractivity contribution in [2.75, 3.05) is 30.8 Å². The van der Waals surface area contributed by atoms with E-state index in [1.807, 2.05) is 0 Å². The Labute approximate surface area is 199 Å². The summed E-state index contributed by atoms with van der Waals surface area (Å²) >= 11 is 1.66. The molecule has 1 aliphatic rings. The molecule has 2 aromatic rings. The summed E-state index contributed by atoms with van der Waals surface area (Å²) < 4.78 is 45.5. The molecule has 0 aromatic heterocycles. The fourth-order valence-corrected chi connectivity index (χ4v) is 4.88. The van der Waals surface area contributed by atoms with Crippen LogP contribution in [-0.4, -0.2) is 58.7 Å². The van der Waals surface area contributed by atoms with Crippen LogP contribution in [-0.2, 0) is 16.0 Å². The van der Waals surface area contributed by atoms with Gasteiger partial charge in [-0.25, -0.2) is 18.0 Å². The molecule has 1 fully saturated rings. The van der Waals surface area contributed by atoms with E-state index in [9.17, 15) is 22.8 Å². The van der Waals surface area contributed by atoms with Crippen molar-refractivity contribution in [2.45, 2.75) is 30.7 Å². The van der Waals surface area contributed by atoms with Gasteiger partial charge in [0.25, 0.3) is 0 Å². The van der Waals surface area contributed by atoms with Gasteiger partial charge >= 0.3 is 5.97 Å². The highest BCUT2D eigenvalue weighted by molar-refractivity contribution is 8.00. The molecule has 1 saturated heterocycles. The highest BCUT2D eigenvalue weighted by atomic mass is 32.2. The van der Waals surface area contributed by atoms with Crippen LogP contribution in [0.4, 0.5) is 18.9 Å². The van der Waals surface area contributed by atoms with E-state index in [1.165, 1.54) is 0 Å². The number of rotatable bonds is 11. The lowest BCUT2D eigenvalue weighted by atomic mass is 10.0. The van der Waals surface area contributed by atoms with Gasteiger partial charge in [-0.05, 0) is 48.7 Å². The molecule has 0 saturated carbocycles. The Morgan fingerprint density at radius 3 is 2.59 bits per heavy atom. The molecule has 0 spiro atoms. The minimum atomic E-state index is -1.26. The van der Waals surface area contributed by atoms with Gasteiger partial charge in [0.05, 0.1) is 5.37 Å². The van der Waals surface area contributed by atoms with Crippen molar-refractivity contribution in [1.82, 2.24) is 4.90 Å². The van der Waals surface area contributed by atoms with Crippen molar-refractivity contribution >= 4 is 29.3 Å². The maximum absolute atomic E-state index is 13.9. The van der Waals surface area contributed by atoms with Gasteiger partial charge in [-0.3, -0.25) is 4.79 Å². The van der Waals surface area contributed by atoms with Gasteiger partial charge in [-0.1, -0.05) is 0 Å². The predicted octanol–water partition coefficient (Wildman–Crippen LogP) is 3.23. The zero-order valence-electron chi connectivity index (χ0n) is 18.3. The first kappa shape index (κ1) is 25.7. The molecule has 1 amide bonds. The maximum Gasteiger partial charge on any atom is 0.341 e. The van der Waals surface area contributed by atoms with Crippen molar-refractivity contribution in [1.29, 1.82) is 0 Å². The third kappa shape index (κ3) is 7.29. The van der Waals surface area contributed by atoms with Gasteiger partial charge in [-0.15, -0.1) is 11.8 Å². The van der Waals surface area contributed by atoms with Crippen LogP contribution in [0, 0.1) is 17.5 Å². The van der Waals surface area contributed by atoms with Crippen molar-refractivity contribution in [2.24, 2.45) is 5.73 Å². The van der Waals surface area contributed by atoms with Crippen molar-refractivity contribution in [3.8, 4) is 5.75 Å². The second kappa shape index (κ2) is 12.0. The lowest BCUT2D eigenvalue weighted by Gasteiger charge is -2.25. The molecule has 11 heteroatoms. The van der Waals surface area contributed by atoms with Gasteiger partial charge in [0.1, 0.15) is 11.6 Å². The Bertz CT molecular complexity index is 1010. The molecule has 0 radical (unpaired) electrons. The molecule has 2 unspecified atom stereocenters. The molecule has 0 aliphatic carbocycles. The summed E-state index contributed by atoms with van der Waals surface area (Å²) in [6, 6.07) is 7.43. The summed E-state index contributed by atoms with van der Waals surface area (Å²) in [4.78, 5) is 25.1. The third-order valence-corrected chi connectivity index (χ3v) is 6.55. The summed E-state index contributed by atoms with van der Waals surface area (Å²) in [5.41, 5.74) is 6.78. The number of ether oxygens (including phenoxy) is 1. The first-order valence-corrected chi connectivity index (χ1v) is 11.8. The van der Waals surface area contributed by atoms with Crippen LogP contribution in [0.5, 0.6) is 5.75 Å². The molecular formula is C23H26F3N3O4S. The number of halogens is 3. The quantitative estimate of drug-likeness (QED) is 0.410. The monoisotopic (exact) mass is 497 g/mol. The van der Waals surface area contributed by atoms with E-state index < -0.39 is 36.1 Å². The van der Waals surface area contributed by atoms with E-state index in [-0.39, 0.29) is 29.7 Å². The fraction of sp³-hybridized carbons (Fsp3) is 0.391. The Morgan fingerprint density at radius 1 is 1.18 bits per heavy atom. The largest absolute Gasteiger partial charge is 0.482 e. The molecule has 34 heavy (non-hydrogen) atoms. The van der Waals surface area contributed by atoms with E-state index in [4.69, 9.17) is 15.6 Å². The zero-order valence-corrected chi connectivity index (χ0v) is 19.1. The Morgan fingerprint density at radius 2 is 1.88 bits per heavy atom. The number of thioether (sulfide) groups is 1. The summed E-state index contributed by atoms with van der Waals surface area (Å²) in [7, 11) is 0. The lowest BCUT2D eigenvalue weighted by molar-refractivity contribution is -0.139. The Kier molecular flexibility index (Phi) is 9.05. The average molecular weight is 498 g/mol. The molecule has 0 bridgehead atoms. The van der Waals surface area contributed by atoms with Gasteiger partial charge in [-0.2, -0.15) is 0 Å². The van der Waals surface area contributed by atoms with Crippen LogP contribution < -0.4 is 15.8 Å². The number of carbonyl (C=O) groups excluding carboxylic acids is 1. The van der Waals surface area contributed by atoms with Crippen LogP contribution in [0.15, 0.2) is 36.4 Å². The molecule has 3 rings (SSSR count). The van der Waals surface area contributed by atoms with E-state index >= 15 is 0 Å². The van der Waals surface area contributed by atoms with Crippen LogP contribution in [0.3, 0.4) is 0 Å². The van der Waals surface area contributed by atoms with E-state index in [2.05, 4.69) is 5.32 Å². The number of hydrogen-bond donors (Lipinski definition) is 3. The number of nitrogens with one attached hydrogen (secondary N) is 1. The number of carboxylic acid groups (broad SMARTS) is 1. The number of carbonyl (C=O) groups is 2. The van der Waals surface area contributed by atoms with Crippen LogP contribution in [0.1, 0.15) is 18.4 Å². The topological polar surface area (TPSA) is 105 Å². The van der Waals surface area contributed by atoms with Crippen molar-refractivity contribution in [3.63, 3.8) is 0 Å². The molecule has 2 aromatic carbocycles. The van der Waals surface area contributed by atoms with Gasteiger partial charge < -0.3 is 25.8 Å². The SMILES string of the molecule is NC(CC(=O)N1CCSC1CCNc1ccc(OCC(=O)O)cc1)Cc1cc(F)c(F)cc1F. The summed E-state index contributed by atoms with van der Waals surface area (Å²) in [5.74, 6) is -3.27. The first-order valence-electron chi connectivity index (χ1n) is 10.7. The smallest absolute Gasteiger partial charge is 0.341 e. The molecule has 1 heterocycles. The second-order valence-corrected chi connectivity index (χ2v) is 9.15. The number of amides is 1. The number of nitrogens with two attached hydrogens (primary N) is 1. The van der Waals surface area contributed by atoms with Gasteiger partial charge in [0.2, 0.25) is 5.91 Å². The number of hydrogen-bond acceptors (Lipinski definition) is 6. The highest BCUT2D eigenvalue weighted by Crippen LogP contribution is 2.28. The summed E-state index contributed by atoms with van der Waals surface area (Å²) in [6.07, 6.45) is 0.579. The normalized spacial score (nSPS) is 16.4. The predicted molar refractivity (Wildman–Crippen MR) is 123 cm³/mol. The van der Waals surface area contributed by atoms with Crippen LogP contribution in [0.2, 0.25) is 0 Å². The van der Waals surface area contributed by atoms with E-state index in [0.717, 1.165) is 17.5 Å². The standard InChI is InChI=1S/C23H26F3N3O4S/c24-18-12-20(26)19(25)10-14(18)9-15(27)11-21(30)29-7-8-34-22(29)5-6-28-16-1-3-17(4-2-16)33-13-23(31)32/h1-4,10,12,15,22,28H,5-9,11,13,27H2,(H,31,32). The first-order chi connectivity index (χ1) is 16.2. The minimum absolute atomic E-state index is 0.0271. The molecule has 7 nitrogen and oxygen atoms in total. The van der Waals surface area contributed by atoms with E-state index in [0.29, 0.717) is 31.3 Å². The average Bonchev–Trinajstić information content (AvgIpc) is 3.25. The molecule has 2 atom stereocenters. The summed E-state index contributed by atoms with van der Waals surface area (Å²) in [6.45, 7) is 0.772. The number of anilines is 1. The molecule has 184 valence electrons. The van der Waals surface area contributed by atoms with Gasteiger partial charge in [0.15, 0.2) is 18.2 Å². The Hall–Kier alpha value is -2.92. The third-order valence-electron chi connectivity index (χ3n) is 5.26. The number of carboxylic acids is 1. The highest BCUT2D eigenvalue weighted by Gasteiger charge is 2.30. The lowest BCUT2D eigenvalue weighted by Crippen LogP contribution is -2.39. The van der Waals surface area contributed by atoms with Crippen LogP contribution >= 0.6 is 11.8 Å². The molecular weight excluding hydrogens is 471 g/mol. The Balaban J connectivity index is 1.45. The number of nitrogens with zero attached hydrogens (tertiary/aromatic N) is 1. The van der Waals surface area contributed by atoms with Crippen molar-refractivity contribution in [3.05, 3.63) is 59.4 Å². The van der Waals surface area contributed by atoms with Gasteiger partial charge in [0, 0.05) is 43.1 Å². The molecule has 1 aliphatic heterocycles. The minimum Gasteiger partial charge on any atom is -0.482 e. The second-order valence-electron chi connectivity index (χ2n) is 7.86. The summed E-state index contributed by atoms with van der Waals surface area (Å²) in [5, 5.41) is 11.9. The fourth-order valence-electron chi connectivity index (χ4n) is 3.62. The number of benzene rings is 2. The number of aliphatic carboxylic acids is 1. The van der Waals surface area contributed by atoms with E-state index in [1.54, 1.807) is 40.9 Å². The van der Waals surface area contributed by atoms with Crippen molar-refractivity contribution < 1.29 is 32.6 Å². The van der Waals surface area contributed by atoms with Crippen LogP contribution in [0.25, 0.3) is 0 Å². The zero-order chi connectivity index (χ0) is 24.7. The maximum atomic E-state index is 13.9.